The van der Waals surface area contributed by atoms with Crippen molar-refractivity contribution in [3.63, 3.8) is 0 Å². The van der Waals surface area contributed by atoms with Crippen LogP contribution in [0, 0.1) is 0 Å². The first-order valence-corrected chi connectivity index (χ1v) is 16.3. The Morgan fingerprint density at radius 1 is 0.872 bits per heavy atom. The number of hydrogen-bond donors (Lipinski definition) is 2. The number of alkyl carbamates (subject to hydrolysis) is 1. The maximum Gasteiger partial charge on any atom is 0.408 e. The van der Waals surface area contributed by atoms with Crippen molar-refractivity contribution in [1.82, 2.24) is 15.5 Å². The Morgan fingerprint density at radius 2 is 1.40 bits per heavy atom. The number of amides is 3. The Balaban J connectivity index is 1.39. The van der Waals surface area contributed by atoms with Crippen molar-refractivity contribution < 1.29 is 33.4 Å². The zero-order valence-corrected chi connectivity index (χ0v) is 27.4. The fourth-order valence-electron chi connectivity index (χ4n) is 5.46. The minimum Gasteiger partial charge on any atom is -0.448 e. The van der Waals surface area contributed by atoms with Gasteiger partial charge in [0.25, 0.3) is 5.91 Å². The Hall–Kier alpha value is -4.90. The Bertz CT molecular complexity index is 1630. The number of esters is 1. The van der Waals surface area contributed by atoms with E-state index in [1.807, 2.05) is 60.7 Å². The first kappa shape index (κ1) is 33.5. The van der Waals surface area contributed by atoms with Gasteiger partial charge in [0.2, 0.25) is 5.91 Å². The highest BCUT2D eigenvalue weighted by molar-refractivity contribution is 8.00. The number of Topliss-reactive ketones (excluding diaryl/α,β-unsaturated/α-hetero) is 1. The third-order valence-electron chi connectivity index (χ3n) is 7.49. The highest BCUT2D eigenvalue weighted by Crippen LogP contribution is 2.42. The molecule has 2 aliphatic rings. The lowest BCUT2D eigenvalue weighted by atomic mass is 9.98. The van der Waals surface area contributed by atoms with Crippen molar-refractivity contribution in [1.29, 1.82) is 0 Å². The molecule has 0 radical (unpaired) electrons. The lowest BCUT2D eigenvalue weighted by molar-refractivity contribution is -0.155. The largest absolute Gasteiger partial charge is 0.448 e. The lowest BCUT2D eigenvalue weighted by Gasteiger charge is -2.50. The SMILES string of the molecule is CC(=O)CC1=C(C(=O)OC(c2ccccc2)c2ccccc2)N2C(=O)[C@@H](NC(=O)C(NC(=O)OC(C)(C)C)c3ccccc3)[C@@H]2SC1. The summed E-state index contributed by atoms with van der Waals surface area (Å²) in [5.41, 5.74) is 1.69. The standard InChI is InChI=1S/C36H37N3O7S/c1-22(40)20-26-21-47-33-28(37-31(41)27(23-14-8-5-9-15-23)38-35(44)46-36(2,3)4)32(42)39(33)29(26)34(43)45-30(24-16-10-6-11-17-24)25-18-12-7-13-19-25/h5-19,27-28,30,33H,20-21H2,1-4H3,(H,37,41)(H,38,44)/t27?,28-,33+/m1/s1. The van der Waals surface area contributed by atoms with Crippen molar-refractivity contribution in [3.8, 4) is 0 Å². The number of rotatable bonds is 10. The smallest absolute Gasteiger partial charge is 0.408 e. The summed E-state index contributed by atoms with van der Waals surface area (Å²) in [5, 5.41) is 4.76. The predicted molar refractivity (Wildman–Crippen MR) is 177 cm³/mol. The fourth-order valence-corrected chi connectivity index (χ4v) is 6.81. The van der Waals surface area contributed by atoms with E-state index in [1.165, 1.54) is 23.6 Å². The minimum atomic E-state index is -1.15. The number of thioether (sulfide) groups is 1. The third-order valence-corrected chi connectivity index (χ3v) is 8.83. The Morgan fingerprint density at radius 3 is 1.91 bits per heavy atom. The van der Waals surface area contributed by atoms with Gasteiger partial charge >= 0.3 is 12.1 Å². The van der Waals surface area contributed by atoms with Crippen LogP contribution in [0.15, 0.2) is 102 Å². The van der Waals surface area contributed by atoms with E-state index in [0.29, 0.717) is 11.1 Å². The molecule has 0 bridgehead atoms. The van der Waals surface area contributed by atoms with Crippen LogP contribution in [-0.2, 0) is 28.7 Å². The molecule has 244 valence electrons. The van der Waals surface area contributed by atoms with Gasteiger partial charge in [0.15, 0.2) is 6.10 Å². The van der Waals surface area contributed by atoms with E-state index in [2.05, 4.69) is 10.6 Å². The summed E-state index contributed by atoms with van der Waals surface area (Å²) in [7, 11) is 0. The van der Waals surface area contributed by atoms with Crippen molar-refractivity contribution in [2.45, 2.75) is 63.3 Å². The second-order valence-corrected chi connectivity index (χ2v) is 13.4. The van der Waals surface area contributed by atoms with E-state index < -0.39 is 53.0 Å². The summed E-state index contributed by atoms with van der Waals surface area (Å²) in [6.07, 6.45) is -1.58. The first-order valence-electron chi connectivity index (χ1n) is 15.2. The monoisotopic (exact) mass is 655 g/mol. The van der Waals surface area contributed by atoms with Crippen molar-refractivity contribution in [2.24, 2.45) is 0 Å². The summed E-state index contributed by atoms with van der Waals surface area (Å²) in [4.78, 5) is 67.6. The number of ether oxygens (including phenoxy) is 2. The molecular formula is C36H37N3O7S. The number of β-lactam (4-membered cyclic amide) rings is 1. The van der Waals surface area contributed by atoms with Crippen LogP contribution in [0.4, 0.5) is 4.79 Å². The number of ketones is 1. The molecule has 2 N–H and O–H groups in total. The van der Waals surface area contributed by atoms with Crippen molar-refractivity contribution in [2.75, 3.05) is 5.75 Å². The Labute approximate surface area is 277 Å². The fraction of sp³-hybridized carbons (Fsp3) is 0.306. The quantitative estimate of drug-likeness (QED) is 0.225. The normalized spacial score (nSPS) is 18.1. The van der Waals surface area contributed by atoms with Gasteiger partial charge in [-0.05, 0) is 50.0 Å². The molecule has 0 aliphatic carbocycles. The second kappa shape index (κ2) is 14.3. The highest BCUT2D eigenvalue weighted by atomic mass is 32.2. The van der Waals surface area contributed by atoms with Crippen LogP contribution < -0.4 is 10.6 Å². The van der Waals surface area contributed by atoms with Gasteiger partial charge in [0.1, 0.15) is 34.5 Å². The lowest BCUT2D eigenvalue weighted by Crippen LogP contribution is -2.71. The molecule has 3 amide bonds. The van der Waals surface area contributed by atoms with Crippen LogP contribution in [-0.4, -0.2) is 57.3 Å². The van der Waals surface area contributed by atoms with Crippen LogP contribution in [0.3, 0.4) is 0 Å². The summed E-state index contributed by atoms with van der Waals surface area (Å²) in [5.74, 6) is -1.76. The zero-order chi connectivity index (χ0) is 33.7. The van der Waals surface area contributed by atoms with Gasteiger partial charge in [-0.15, -0.1) is 11.8 Å². The van der Waals surface area contributed by atoms with Crippen LogP contribution in [0.1, 0.15) is 63.0 Å². The van der Waals surface area contributed by atoms with Crippen LogP contribution in [0.25, 0.3) is 0 Å². The third kappa shape index (κ3) is 7.91. The molecule has 3 aromatic carbocycles. The summed E-state index contributed by atoms with van der Waals surface area (Å²) in [6, 6.07) is 25.0. The Kier molecular flexibility index (Phi) is 10.1. The van der Waals surface area contributed by atoms with E-state index in [1.54, 1.807) is 51.1 Å². The molecule has 1 fully saturated rings. The average molecular weight is 656 g/mol. The number of benzene rings is 3. The topological polar surface area (TPSA) is 131 Å². The molecule has 3 aromatic rings. The summed E-state index contributed by atoms with van der Waals surface area (Å²) >= 11 is 1.34. The molecular weight excluding hydrogens is 618 g/mol. The molecule has 0 spiro atoms. The summed E-state index contributed by atoms with van der Waals surface area (Å²) in [6.45, 7) is 6.56. The second-order valence-electron chi connectivity index (χ2n) is 12.3. The number of nitrogens with one attached hydrogen (secondary N) is 2. The molecule has 47 heavy (non-hydrogen) atoms. The molecule has 1 unspecified atom stereocenters. The molecule has 10 nitrogen and oxygen atoms in total. The van der Waals surface area contributed by atoms with E-state index in [-0.39, 0.29) is 23.7 Å². The van der Waals surface area contributed by atoms with Crippen molar-refractivity contribution in [3.05, 3.63) is 119 Å². The molecule has 3 atom stereocenters. The van der Waals surface area contributed by atoms with Crippen LogP contribution in [0.2, 0.25) is 0 Å². The molecule has 2 aliphatic heterocycles. The highest BCUT2D eigenvalue weighted by Gasteiger charge is 2.55. The van der Waals surface area contributed by atoms with Gasteiger partial charge in [-0.3, -0.25) is 19.3 Å². The maximum atomic E-state index is 14.0. The number of carbonyl (C=O) groups is 5. The summed E-state index contributed by atoms with van der Waals surface area (Å²) < 4.78 is 11.5. The van der Waals surface area contributed by atoms with Gasteiger partial charge in [0, 0.05) is 12.2 Å². The number of hydrogen-bond acceptors (Lipinski definition) is 8. The molecule has 5 rings (SSSR count). The maximum absolute atomic E-state index is 14.0. The van der Waals surface area contributed by atoms with E-state index >= 15 is 0 Å². The number of carbonyl (C=O) groups excluding carboxylic acids is 5. The van der Waals surface area contributed by atoms with Crippen LogP contribution >= 0.6 is 11.8 Å². The zero-order valence-electron chi connectivity index (χ0n) is 26.6. The van der Waals surface area contributed by atoms with E-state index in [0.717, 1.165) is 11.1 Å². The van der Waals surface area contributed by atoms with Gasteiger partial charge in [-0.1, -0.05) is 91.0 Å². The molecule has 0 saturated carbocycles. The molecule has 0 aromatic heterocycles. The van der Waals surface area contributed by atoms with Crippen molar-refractivity contribution >= 4 is 41.4 Å². The molecule has 11 heteroatoms. The van der Waals surface area contributed by atoms with Gasteiger partial charge in [0.05, 0.1) is 0 Å². The van der Waals surface area contributed by atoms with E-state index in [4.69, 9.17) is 9.47 Å². The minimum absolute atomic E-state index is 0.0165. The van der Waals surface area contributed by atoms with Gasteiger partial charge in [-0.25, -0.2) is 9.59 Å². The first-order chi connectivity index (χ1) is 22.4. The molecule has 1 saturated heterocycles. The molecule has 2 heterocycles. The van der Waals surface area contributed by atoms with Gasteiger partial charge in [-0.2, -0.15) is 0 Å². The number of fused-ring (bicyclic) bond motifs is 1. The van der Waals surface area contributed by atoms with E-state index in [9.17, 15) is 24.0 Å². The average Bonchev–Trinajstić information content (AvgIpc) is 3.04. The predicted octanol–water partition coefficient (Wildman–Crippen LogP) is 5.22. The van der Waals surface area contributed by atoms with Crippen LogP contribution in [0.5, 0.6) is 0 Å². The number of nitrogens with zero attached hydrogens (tertiary/aromatic N) is 1. The van der Waals surface area contributed by atoms with Gasteiger partial charge < -0.3 is 20.1 Å².